The highest BCUT2D eigenvalue weighted by atomic mass is 19.1. The lowest BCUT2D eigenvalue weighted by Crippen LogP contribution is -2.25. The first kappa shape index (κ1) is 12.0. The molecular weight excluding hydrogens is 207 g/mol. The first-order valence-electron chi connectivity index (χ1n) is 4.68. The lowest BCUT2D eigenvalue weighted by Gasteiger charge is -2.16. The molecule has 2 N–H and O–H groups in total. The fraction of sp³-hybridized carbons (Fsp3) is 0.273. The molecule has 82 valence electrons. The van der Waals surface area contributed by atoms with Crippen molar-refractivity contribution in [3.8, 4) is 12.1 Å². The van der Waals surface area contributed by atoms with Crippen LogP contribution >= 0.6 is 0 Å². The Morgan fingerprint density at radius 1 is 1.25 bits per heavy atom. The second-order valence-corrected chi connectivity index (χ2v) is 3.27. The van der Waals surface area contributed by atoms with Crippen molar-refractivity contribution < 1.29 is 4.39 Å². The van der Waals surface area contributed by atoms with Crippen molar-refractivity contribution in [2.75, 3.05) is 18.8 Å². The van der Waals surface area contributed by atoms with Crippen LogP contribution in [0.2, 0.25) is 0 Å². The maximum absolute atomic E-state index is 13.4. The molecule has 0 fully saturated rings. The largest absolute Gasteiger partial charge is 0.398 e. The van der Waals surface area contributed by atoms with Crippen LogP contribution in [0.5, 0.6) is 0 Å². The third kappa shape index (κ3) is 2.94. The predicted octanol–water partition coefficient (Wildman–Crippen LogP) is 1.26. The van der Waals surface area contributed by atoms with Gasteiger partial charge >= 0.3 is 0 Å². The Bertz CT molecular complexity index is 408. The Kier molecular flexibility index (Phi) is 4.26. The summed E-state index contributed by atoms with van der Waals surface area (Å²) in [5.41, 5.74) is 6.29. The summed E-state index contributed by atoms with van der Waals surface area (Å²) in [6.07, 6.45) is 0. The highest BCUT2D eigenvalue weighted by Crippen LogP contribution is 2.17. The van der Waals surface area contributed by atoms with Crippen LogP contribution in [-0.2, 0) is 6.54 Å². The molecule has 1 aromatic rings. The highest BCUT2D eigenvalue weighted by molar-refractivity contribution is 5.47. The zero-order valence-electron chi connectivity index (χ0n) is 8.65. The maximum atomic E-state index is 13.4. The molecule has 0 radical (unpaired) electrons. The molecule has 5 heteroatoms. The Morgan fingerprint density at radius 2 is 1.88 bits per heavy atom. The molecule has 0 aromatic heterocycles. The SMILES string of the molecule is N#CCN(CC#N)Cc1c(N)cccc1F. The normalized spacial score (nSPS) is 9.75. The van der Waals surface area contributed by atoms with Crippen molar-refractivity contribution in [3.63, 3.8) is 0 Å². The predicted molar refractivity (Wildman–Crippen MR) is 57.3 cm³/mol. The fourth-order valence-electron chi connectivity index (χ4n) is 1.33. The Morgan fingerprint density at radius 3 is 2.38 bits per heavy atom. The number of rotatable bonds is 4. The number of nitriles is 2. The van der Waals surface area contributed by atoms with Gasteiger partial charge in [-0.2, -0.15) is 10.5 Å². The van der Waals surface area contributed by atoms with E-state index in [0.717, 1.165) is 0 Å². The zero-order chi connectivity index (χ0) is 12.0. The van der Waals surface area contributed by atoms with Crippen molar-refractivity contribution in [3.05, 3.63) is 29.6 Å². The molecule has 0 unspecified atom stereocenters. The third-order valence-electron chi connectivity index (χ3n) is 2.13. The van der Waals surface area contributed by atoms with Gasteiger partial charge in [0, 0.05) is 17.8 Å². The highest BCUT2D eigenvalue weighted by Gasteiger charge is 2.11. The van der Waals surface area contributed by atoms with Crippen LogP contribution in [0.15, 0.2) is 18.2 Å². The number of benzene rings is 1. The van der Waals surface area contributed by atoms with E-state index in [2.05, 4.69) is 0 Å². The van der Waals surface area contributed by atoms with Gasteiger partial charge in [0.15, 0.2) is 0 Å². The number of halogens is 1. The van der Waals surface area contributed by atoms with Crippen molar-refractivity contribution in [1.29, 1.82) is 10.5 Å². The Hall–Kier alpha value is -2.11. The molecular formula is C11H11FN4. The standard InChI is InChI=1S/C11H11FN4/c12-10-2-1-3-11(15)9(10)8-16(6-4-13)7-5-14/h1-3H,6-8,15H2. The van der Waals surface area contributed by atoms with E-state index in [1.807, 2.05) is 12.1 Å². The fourth-order valence-corrected chi connectivity index (χ4v) is 1.33. The van der Waals surface area contributed by atoms with Gasteiger partial charge in [-0.3, -0.25) is 4.90 Å². The van der Waals surface area contributed by atoms with Gasteiger partial charge in [-0.05, 0) is 12.1 Å². The van der Waals surface area contributed by atoms with Crippen LogP contribution in [0.3, 0.4) is 0 Å². The van der Waals surface area contributed by atoms with Gasteiger partial charge in [0.1, 0.15) is 5.82 Å². The lowest BCUT2D eigenvalue weighted by atomic mass is 10.1. The Labute approximate surface area is 93.3 Å². The number of nitrogens with two attached hydrogens (primary N) is 1. The van der Waals surface area contributed by atoms with Crippen LogP contribution in [0, 0.1) is 28.5 Å². The molecule has 0 atom stereocenters. The maximum Gasteiger partial charge on any atom is 0.129 e. The van der Waals surface area contributed by atoms with Gasteiger partial charge in [-0.1, -0.05) is 6.07 Å². The van der Waals surface area contributed by atoms with E-state index in [1.165, 1.54) is 17.0 Å². The second kappa shape index (κ2) is 5.69. The number of hydrogen-bond donors (Lipinski definition) is 1. The van der Waals surface area contributed by atoms with E-state index < -0.39 is 5.82 Å². The summed E-state index contributed by atoms with van der Waals surface area (Å²) in [6, 6.07) is 8.27. The summed E-state index contributed by atoms with van der Waals surface area (Å²) in [6.45, 7) is 0.308. The van der Waals surface area contributed by atoms with E-state index in [4.69, 9.17) is 16.3 Å². The summed E-state index contributed by atoms with van der Waals surface area (Å²) >= 11 is 0. The molecule has 0 bridgehead atoms. The van der Waals surface area contributed by atoms with E-state index in [1.54, 1.807) is 6.07 Å². The average Bonchev–Trinajstić information content (AvgIpc) is 2.24. The minimum Gasteiger partial charge on any atom is -0.398 e. The Balaban J connectivity index is 2.86. The van der Waals surface area contributed by atoms with E-state index in [-0.39, 0.29) is 19.6 Å². The number of anilines is 1. The molecule has 0 aliphatic carbocycles. The van der Waals surface area contributed by atoms with E-state index in [9.17, 15) is 4.39 Å². The van der Waals surface area contributed by atoms with Gasteiger partial charge in [-0.15, -0.1) is 0 Å². The monoisotopic (exact) mass is 218 g/mol. The van der Waals surface area contributed by atoms with Crippen molar-refractivity contribution >= 4 is 5.69 Å². The first-order valence-corrected chi connectivity index (χ1v) is 4.68. The topological polar surface area (TPSA) is 76.8 Å². The van der Waals surface area contributed by atoms with Crippen LogP contribution in [0.25, 0.3) is 0 Å². The van der Waals surface area contributed by atoms with Crippen molar-refractivity contribution in [2.24, 2.45) is 0 Å². The summed E-state index contributed by atoms with van der Waals surface area (Å²) in [7, 11) is 0. The summed E-state index contributed by atoms with van der Waals surface area (Å²) in [5.74, 6) is -0.416. The molecule has 0 spiro atoms. The van der Waals surface area contributed by atoms with Gasteiger partial charge in [0.05, 0.1) is 25.2 Å². The third-order valence-corrected chi connectivity index (χ3v) is 2.13. The van der Waals surface area contributed by atoms with Gasteiger partial charge in [0.2, 0.25) is 0 Å². The number of hydrogen-bond acceptors (Lipinski definition) is 4. The van der Waals surface area contributed by atoms with Crippen molar-refractivity contribution in [2.45, 2.75) is 6.54 Å². The second-order valence-electron chi connectivity index (χ2n) is 3.27. The minimum atomic E-state index is -0.416. The van der Waals surface area contributed by atoms with Gasteiger partial charge in [-0.25, -0.2) is 4.39 Å². The zero-order valence-corrected chi connectivity index (χ0v) is 8.65. The molecule has 0 heterocycles. The first-order chi connectivity index (χ1) is 7.69. The average molecular weight is 218 g/mol. The number of nitrogen functional groups attached to an aromatic ring is 1. The van der Waals surface area contributed by atoms with Crippen LogP contribution in [0.4, 0.5) is 10.1 Å². The van der Waals surface area contributed by atoms with Crippen molar-refractivity contribution in [1.82, 2.24) is 4.90 Å². The van der Waals surface area contributed by atoms with Gasteiger partial charge < -0.3 is 5.73 Å². The molecule has 4 nitrogen and oxygen atoms in total. The minimum absolute atomic E-state index is 0.0708. The quantitative estimate of drug-likeness (QED) is 0.609. The van der Waals surface area contributed by atoms with Crippen LogP contribution in [-0.4, -0.2) is 18.0 Å². The molecule has 0 amide bonds. The molecule has 0 saturated carbocycles. The summed E-state index contributed by atoms with van der Waals surface area (Å²) in [4.78, 5) is 1.52. The molecule has 16 heavy (non-hydrogen) atoms. The molecule has 1 aromatic carbocycles. The molecule has 1 rings (SSSR count). The van der Waals surface area contributed by atoms with Crippen LogP contribution in [0.1, 0.15) is 5.56 Å². The van der Waals surface area contributed by atoms with E-state index >= 15 is 0 Å². The smallest absolute Gasteiger partial charge is 0.129 e. The molecule has 0 aliphatic heterocycles. The summed E-state index contributed by atoms with van der Waals surface area (Å²) < 4.78 is 13.4. The number of nitrogens with zero attached hydrogens (tertiary/aromatic N) is 3. The van der Waals surface area contributed by atoms with E-state index in [0.29, 0.717) is 11.3 Å². The van der Waals surface area contributed by atoms with Crippen LogP contribution < -0.4 is 5.73 Å². The molecule has 0 aliphatic rings. The van der Waals surface area contributed by atoms with Gasteiger partial charge in [0.25, 0.3) is 0 Å². The molecule has 0 saturated heterocycles. The summed E-state index contributed by atoms with van der Waals surface area (Å²) in [5, 5.41) is 17.1. The lowest BCUT2D eigenvalue weighted by molar-refractivity contribution is 0.329.